The lowest BCUT2D eigenvalue weighted by molar-refractivity contribution is 0.700. The summed E-state index contributed by atoms with van der Waals surface area (Å²) in [6, 6.07) is 2.26. The molecular formula is C12H18N4O. The molecule has 0 bridgehead atoms. The monoisotopic (exact) mass is 234 g/mol. The largest absolute Gasteiger partial charge is 0.369 e. The molecular weight excluding hydrogens is 216 g/mol. The molecule has 0 radical (unpaired) electrons. The molecule has 5 heteroatoms. The highest BCUT2D eigenvalue weighted by molar-refractivity contribution is 5.33. The number of rotatable bonds is 6. The van der Waals surface area contributed by atoms with Crippen LogP contribution in [0.4, 0.5) is 5.82 Å². The molecule has 0 unspecified atom stereocenters. The first kappa shape index (κ1) is 10.8. The van der Waals surface area contributed by atoms with Crippen molar-refractivity contribution < 1.29 is 0 Å². The van der Waals surface area contributed by atoms with Crippen molar-refractivity contribution in [1.82, 2.24) is 15.3 Å². The predicted molar refractivity (Wildman–Crippen MR) is 66.3 cm³/mol. The lowest BCUT2D eigenvalue weighted by Crippen LogP contribution is -2.25. The molecule has 2 aliphatic rings. The zero-order valence-electron chi connectivity index (χ0n) is 9.83. The van der Waals surface area contributed by atoms with E-state index in [-0.39, 0.29) is 5.56 Å². The van der Waals surface area contributed by atoms with Crippen LogP contribution in [0.25, 0.3) is 0 Å². The zero-order valence-corrected chi connectivity index (χ0v) is 9.83. The van der Waals surface area contributed by atoms with Crippen molar-refractivity contribution in [3.05, 3.63) is 22.2 Å². The highest BCUT2D eigenvalue weighted by atomic mass is 16.1. The molecule has 5 nitrogen and oxygen atoms in total. The summed E-state index contributed by atoms with van der Waals surface area (Å²) in [5.74, 6) is 2.03. The molecule has 0 atom stereocenters. The van der Waals surface area contributed by atoms with E-state index in [1.165, 1.54) is 18.9 Å². The van der Waals surface area contributed by atoms with E-state index >= 15 is 0 Å². The van der Waals surface area contributed by atoms with E-state index in [2.05, 4.69) is 20.6 Å². The molecule has 0 aromatic carbocycles. The van der Waals surface area contributed by atoms with E-state index in [1.807, 2.05) is 0 Å². The molecule has 3 rings (SSSR count). The fraction of sp³-hybridized carbons (Fsp3) is 0.667. The second kappa shape index (κ2) is 4.49. The van der Waals surface area contributed by atoms with Gasteiger partial charge in [0.15, 0.2) is 0 Å². The molecule has 1 aromatic heterocycles. The van der Waals surface area contributed by atoms with Crippen LogP contribution in [0, 0.1) is 0 Å². The average molecular weight is 234 g/mol. The van der Waals surface area contributed by atoms with Crippen LogP contribution in [0.1, 0.15) is 37.4 Å². The van der Waals surface area contributed by atoms with Crippen LogP contribution in [0.15, 0.2) is 10.9 Å². The van der Waals surface area contributed by atoms with Crippen LogP contribution in [0.5, 0.6) is 0 Å². The highest BCUT2D eigenvalue weighted by Gasteiger charge is 2.26. The molecule has 92 valence electrons. The van der Waals surface area contributed by atoms with Gasteiger partial charge in [0.25, 0.3) is 5.56 Å². The number of nitrogens with zero attached hydrogens (tertiary/aromatic N) is 1. The minimum absolute atomic E-state index is 0.0560. The van der Waals surface area contributed by atoms with Gasteiger partial charge in [-0.05, 0) is 25.7 Å². The van der Waals surface area contributed by atoms with Gasteiger partial charge in [-0.3, -0.25) is 4.79 Å². The number of H-pyrrole nitrogens is 1. The summed E-state index contributed by atoms with van der Waals surface area (Å²) in [6.07, 6.45) is 4.90. The van der Waals surface area contributed by atoms with Gasteiger partial charge in [-0.15, -0.1) is 0 Å². The quantitative estimate of drug-likeness (QED) is 0.637. The van der Waals surface area contributed by atoms with E-state index in [4.69, 9.17) is 0 Å². The highest BCUT2D eigenvalue weighted by Crippen LogP contribution is 2.37. The van der Waals surface area contributed by atoms with E-state index < -0.39 is 0 Å². The van der Waals surface area contributed by atoms with Gasteiger partial charge in [0.2, 0.25) is 0 Å². The van der Waals surface area contributed by atoms with E-state index in [9.17, 15) is 4.79 Å². The van der Waals surface area contributed by atoms with Gasteiger partial charge in [0.1, 0.15) is 11.6 Å². The topological polar surface area (TPSA) is 69.8 Å². The molecule has 0 saturated heterocycles. The third kappa shape index (κ3) is 3.06. The zero-order chi connectivity index (χ0) is 11.7. The molecule has 1 heterocycles. The summed E-state index contributed by atoms with van der Waals surface area (Å²) >= 11 is 0. The van der Waals surface area contributed by atoms with E-state index in [1.54, 1.807) is 0 Å². The van der Waals surface area contributed by atoms with Crippen molar-refractivity contribution in [2.45, 2.75) is 37.6 Å². The molecule has 0 amide bonds. The standard InChI is InChI=1S/C12H18N4O/c17-11-7-10(14-6-5-13-9-3-4-9)15-12(16-11)8-1-2-8/h7-9,13H,1-6H2,(H2,14,15,16,17). The second-order valence-electron chi connectivity index (χ2n) is 4.95. The summed E-state index contributed by atoms with van der Waals surface area (Å²) in [5, 5.41) is 6.61. The lowest BCUT2D eigenvalue weighted by atomic mass is 10.4. The minimum atomic E-state index is -0.0560. The van der Waals surface area contributed by atoms with Gasteiger partial charge in [-0.25, -0.2) is 4.98 Å². The Bertz CT molecular complexity index is 448. The number of anilines is 1. The number of aromatic nitrogens is 2. The SMILES string of the molecule is O=c1cc(NCCNC2CC2)nc(C2CC2)[nH]1. The average Bonchev–Trinajstić information content (AvgIpc) is 3.16. The van der Waals surface area contributed by atoms with Crippen LogP contribution in [-0.4, -0.2) is 29.1 Å². The molecule has 1 aromatic rings. The molecule has 0 aliphatic heterocycles. The lowest BCUT2D eigenvalue weighted by Gasteiger charge is -2.07. The summed E-state index contributed by atoms with van der Waals surface area (Å²) in [4.78, 5) is 18.7. The summed E-state index contributed by atoms with van der Waals surface area (Å²) in [5.41, 5.74) is -0.0560. The summed E-state index contributed by atoms with van der Waals surface area (Å²) in [6.45, 7) is 1.75. The summed E-state index contributed by atoms with van der Waals surface area (Å²) in [7, 11) is 0. The first-order chi connectivity index (χ1) is 8.31. The Hall–Kier alpha value is -1.36. The van der Waals surface area contributed by atoms with Crippen LogP contribution >= 0.6 is 0 Å². The Morgan fingerprint density at radius 2 is 2.12 bits per heavy atom. The fourth-order valence-electron chi connectivity index (χ4n) is 1.87. The number of nitrogens with one attached hydrogen (secondary N) is 3. The molecule has 3 N–H and O–H groups in total. The van der Waals surface area contributed by atoms with Gasteiger partial charge in [0.05, 0.1) is 0 Å². The van der Waals surface area contributed by atoms with Gasteiger partial charge in [0, 0.05) is 31.1 Å². The maximum atomic E-state index is 11.4. The fourth-order valence-corrected chi connectivity index (χ4v) is 1.87. The normalized spacial score (nSPS) is 19.3. The van der Waals surface area contributed by atoms with Crippen molar-refractivity contribution in [2.24, 2.45) is 0 Å². The van der Waals surface area contributed by atoms with Crippen LogP contribution in [0.3, 0.4) is 0 Å². The molecule has 2 aliphatic carbocycles. The van der Waals surface area contributed by atoms with Crippen molar-refractivity contribution in [3.8, 4) is 0 Å². The molecule has 2 saturated carbocycles. The Balaban J connectivity index is 1.55. The molecule has 2 fully saturated rings. The van der Waals surface area contributed by atoms with Gasteiger partial charge in [-0.2, -0.15) is 0 Å². The van der Waals surface area contributed by atoms with Crippen molar-refractivity contribution in [1.29, 1.82) is 0 Å². The van der Waals surface area contributed by atoms with E-state index in [0.717, 1.165) is 37.8 Å². The van der Waals surface area contributed by atoms with Gasteiger partial charge in [-0.1, -0.05) is 0 Å². The second-order valence-corrected chi connectivity index (χ2v) is 4.95. The van der Waals surface area contributed by atoms with Gasteiger partial charge < -0.3 is 15.6 Å². The Morgan fingerprint density at radius 1 is 1.29 bits per heavy atom. The Labute approximate surface area is 100 Å². The van der Waals surface area contributed by atoms with Gasteiger partial charge >= 0.3 is 0 Å². The maximum absolute atomic E-state index is 11.4. The molecule has 17 heavy (non-hydrogen) atoms. The number of aromatic amines is 1. The van der Waals surface area contributed by atoms with E-state index in [0.29, 0.717) is 11.7 Å². The third-order valence-corrected chi connectivity index (χ3v) is 3.17. The summed E-state index contributed by atoms with van der Waals surface area (Å²) < 4.78 is 0. The molecule has 0 spiro atoms. The Kier molecular flexibility index (Phi) is 2.84. The van der Waals surface area contributed by atoms with Crippen molar-refractivity contribution in [2.75, 3.05) is 18.4 Å². The first-order valence-corrected chi connectivity index (χ1v) is 6.40. The van der Waals surface area contributed by atoms with Crippen molar-refractivity contribution >= 4 is 5.82 Å². The third-order valence-electron chi connectivity index (χ3n) is 3.17. The minimum Gasteiger partial charge on any atom is -0.369 e. The Morgan fingerprint density at radius 3 is 2.82 bits per heavy atom. The maximum Gasteiger partial charge on any atom is 0.252 e. The number of hydrogen-bond acceptors (Lipinski definition) is 4. The van der Waals surface area contributed by atoms with Crippen molar-refractivity contribution in [3.63, 3.8) is 0 Å². The van der Waals surface area contributed by atoms with Crippen LogP contribution in [-0.2, 0) is 0 Å². The predicted octanol–water partition coefficient (Wildman–Crippen LogP) is 0.811. The van der Waals surface area contributed by atoms with Crippen LogP contribution in [0.2, 0.25) is 0 Å². The van der Waals surface area contributed by atoms with Crippen LogP contribution < -0.4 is 16.2 Å². The first-order valence-electron chi connectivity index (χ1n) is 6.40. The smallest absolute Gasteiger partial charge is 0.252 e. The number of hydrogen-bond donors (Lipinski definition) is 3.